The number of hydrogen-bond donors (Lipinski definition) is 2. The lowest BCUT2D eigenvalue weighted by molar-refractivity contribution is 0.0951. The molecule has 0 radical (unpaired) electrons. The highest BCUT2D eigenvalue weighted by Gasteiger charge is 2.10. The summed E-state index contributed by atoms with van der Waals surface area (Å²) >= 11 is 0. The molecule has 0 aliphatic heterocycles. The molecule has 0 aliphatic rings. The Balaban J connectivity index is 1.83. The lowest BCUT2D eigenvalue weighted by atomic mass is 10.2. The highest BCUT2D eigenvalue weighted by molar-refractivity contribution is 5.94. The van der Waals surface area contributed by atoms with Gasteiger partial charge in [-0.1, -0.05) is 0 Å². The summed E-state index contributed by atoms with van der Waals surface area (Å²) in [5, 5.41) is 7.10. The molecule has 0 aromatic carbocycles. The fraction of sp³-hybridized carbons (Fsp3) is 0.462. The van der Waals surface area contributed by atoms with Crippen molar-refractivity contribution in [3.8, 4) is 0 Å². The van der Waals surface area contributed by atoms with Crippen molar-refractivity contribution in [3.05, 3.63) is 29.1 Å². The lowest BCUT2D eigenvalue weighted by Gasteiger charge is -2.07. The summed E-state index contributed by atoms with van der Waals surface area (Å²) in [5.41, 5.74) is 6.47. The third kappa shape index (κ3) is 3.74. The first-order chi connectivity index (χ1) is 9.97. The molecule has 2 rings (SSSR count). The molecule has 21 heavy (non-hydrogen) atoms. The highest BCUT2D eigenvalue weighted by atomic mass is 16.1. The first kappa shape index (κ1) is 14.9. The van der Waals surface area contributed by atoms with Crippen LogP contribution in [0.25, 0.3) is 0 Å². The number of hydrogen-bond acceptors (Lipinski definition) is 6. The number of rotatable bonds is 5. The van der Waals surface area contributed by atoms with Crippen LogP contribution in [0.15, 0.2) is 6.20 Å². The molecule has 0 saturated heterocycles. The maximum atomic E-state index is 12.0. The van der Waals surface area contributed by atoms with Gasteiger partial charge in [-0.25, -0.2) is 15.0 Å². The molecule has 0 bridgehead atoms. The molecule has 1 amide bonds. The number of nitrogens with zero attached hydrogens (tertiary/aromatic N) is 5. The van der Waals surface area contributed by atoms with Crippen LogP contribution in [0.1, 0.15) is 34.1 Å². The summed E-state index contributed by atoms with van der Waals surface area (Å²) in [6.45, 7) is 6.75. The van der Waals surface area contributed by atoms with Gasteiger partial charge in [0.15, 0.2) is 0 Å². The number of carbonyl (C=O) groups is 1. The molecule has 0 spiro atoms. The maximum Gasteiger partial charge on any atom is 0.254 e. The van der Waals surface area contributed by atoms with Crippen molar-refractivity contribution >= 4 is 11.9 Å². The summed E-state index contributed by atoms with van der Waals surface area (Å²) in [6.07, 6.45) is 2.21. The fourth-order valence-corrected chi connectivity index (χ4v) is 2.01. The SMILES string of the molecule is Cc1nc(C)n(CCCNC(=O)c2cnc(N)nc2C)n1. The van der Waals surface area contributed by atoms with Gasteiger partial charge in [0.25, 0.3) is 5.91 Å². The number of nitrogens with two attached hydrogens (primary N) is 1. The standard InChI is InChI=1S/C13H19N7O/c1-8-11(7-16-13(14)17-8)12(21)15-5-4-6-20-10(3)18-9(2)19-20/h7H,4-6H2,1-3H3,(H,15,21)(H2,14,16,17). The third-order valence-corrected chi connectivity index (χ3v) is 3.04. The van der Waals surface area contributed by atoms with E-state index in [1.807, 2.05) is 18.5 Å². The summed E-state index contributed by atoms with van der Waals surface area (Å²) in [4.78, 5) is 24.0. The Morgan fingerprint density at radius 2 is 2.10 bits per heavy atom. The van der Waals surface area contributed by atoms with E-state index < -0.39 is 0 Å². The van der Waals surface area contributed by atoms with Gasteiger partial charge < -0.3 is 11.1 Å². The van der Waals surface area contributed by atoms with Gasteiger partial charge in [0.2, 0.25) is 5.95 Å². The van der Waals surface area contributed by atoms with Crippen LogP contribution in [0.3, 0.4) is 0 Å². The van der Waals surface area contributed by atoms with Gasteiger partial charge >= 0.3 is 0 Å². The van der Waals surface area contributed by atoms with Gasteiger partial charge in [0.05, 0.1) is 11.3 Å². The van der Waals surface area contributed by atoms with Gasteiger partial charge in [0.1, 0.15) is 11.6 Å². The fourth-order valence-electron chi connectivity index (χ4n) is 2.01. The van der Waals surface area contributed by atoms with Crippen LogP contribution in [0, 0.1) is 20.8 Å². The van der Waals surface area contributed by atoms with Gasteiger partial charge in [-0.05, 0) is 27.2 Å². The predicted octanol–water partition coefficient (Wildman–Crippen LogP) is 0.396. The second-order valence-corrected chi connectivity index (χ2v) is 4.77. The largest absolute Gasteiger partial charge is 0.368 e. The number of carbonyl (C=O) groups excluding carboxylic acids is 1. The summed E-state index contributed by atoms with van der Waals surface area (Å²) < 4.78 is 1.83. The van der Waals surface area contributed by atoms with E-state index in [-0.39, 0.29) is 11.9 Å². The Hall–Kier alpha value is -2.51. The minimum Gasteiger partial charge on any atom is -0.368 e. The normalized spacial score (nSPS) is 10.6. The van der Waals surface area contributed by atoms with E-state index in [1.165, 1.54) is 6.20 Å². The average molecular weight is 289 g/mol. The molecule has 2 heterocycles. The minimum atomic E-state index is -0.195. The van der Waals surface area contributed by atoms with Crippen LogP contribution < -0.4 is 11.1 Å². The molecule has 0 aliphatic carbocycles. The van der Waals surface area contributed by atoms with Crippen LogP contribution in [0.5, 0.6) is 0 Å². The van der Waals surface area contributed by atoms with Crippen molar-refractivity contribution in [2.24, 2.45) is 0 Å². The molecule has 3 N–H and O–H groups in total. The van der Waals surface area contributed by atoms with Crippen LogP contribution in [0.4, 0.5) is 5.95 Å². The summed E-state index contributed by atoms with van der Waals surface area (Å²) in [6, 6.07) is 0. The number of anilines is 1. The van der Waals surface area contributed by atoms with Crippen molar-refractivity contribution in [1.29, 1.82) is 0 Å². The molecule has 0 saturated carbocycles. The molecule has 8 heteroatoms. The Bertz CT molecular complexity index is 650. The van der Waals surface area contributed by atoms with Crippen molar-refractivity contribution in [1.82, 2.24) is 30.0 Å². The first-order valence-corrected chi connectivity index (χ1v) is 6.72. The second-order valence-electron chi connectivity index (χ2n) is 4.77. The van der Waals surface area contributed by atoms with E-state index in [0.717, 1.165) is 18.1 Å². The zero-order valence-electron chi connectivity index (χ0n) is 12.4. The summed E-state index contributed by atoms with van der Waals surface area (Å²) in [5.74, 6) is 1.60. The molecule has 112 valence electrons. The molecule has 2 aromatic heterocycles. The van der Waals surface area contributed by atoms with Crippen molar-refractivity contribution in [2.75, 3.05) is 12.3 Å². The molecule has 0 atom stereocenters. The van der Waals surface area contributed by atoms with Crippen LogP contribution >= 0.6 is 0 Å². The number of amides is 1. The molecule has 0 unspecified atom stereocenters. The Morgan fingerprint density at radius 3 is 2.71 bits per heavy atom. The topological polar surface area (TPSA) is 112 Å². The van der Waals surface area contributed by atoms with Crippen molar-refractivity contribution in [2.45, 2.75) is 33.7 Å². The first-order valence-electron chi connectivity index (χ1n) is 6.72. The van der Waals surface area contributed by atoms with Gasteiger partial charge in [-0.2, -0.15) is 5.10 Å². The molecule has 0 fully saturated rings. The predicted molar refractivity (Wildman–Crippen MR) is 77.6 cm³/mol. The van der Waals surface area contributed by atoms with Crippen LogP contribution in [-0.4, -0.2) is 37.2 Å². The van der Waals surface area contributed by atoms with E-state index in [0.29, 0.717) is 24.3 Å². The monoisotopic (exact) mass is 289 g/mol. The van der Waals surface area contributed by atoms with E-state index in [4.69, 9.17) is 5.73 Å². The molecular weight excluding hydrogens is 270 g/mol. The molecular formula is C13H19N7O. The van der Waals surface area contributed by atoms with Gasteiger partial charge in [-0.3, -0.25) is 9.48 Å². The zero-order chi connectivity index (χ0) is 15.4. The Morgan fingerprint density at radius 1 is 1.33 bits per heavy atom. The molecule has 2 aromatic rings. The van der Waals surface area contributed by atoms with Crippen molar-refractivity contribution < 1.29 is 4.79 Å². The van der Waals surface area contributed by atoms with Crippen LogP contribution in [0.2, 0.25) is 0 Å². The van der Waals surface area contributed by atoms with Gasteiger partial charge in [0, 0.05) is 19.3 Å². The number of aryl methyl sites for hydroxylation is 4. The van der Waals surface area contributed by atoms with Gasteiger partial charge in [-0.15, -0.1) is 0 Å². The zero-order valence-corrected chi connectivity index (χ0v) is 12.4. The minimum absolute atomic E-state index is 0.168. The summed E-state index contributed by atoms with van der Waals surface area (Å²) in [7, 11) is 0. The highest BCUT2D eigenvalue weighted by Crippen LogP contribution is 2.04. The quantitative estimate of drug-likeness (QED) is 0.770. The Kier molecular flexibility index (Phi) is 4.46. The smallest absolute Gasteiger partial charge is 0.254 e. The Labute approximate surface area is 122 Å². The number of nitrogens with one attached hydrogen (secondary N) is 1. The van der Waals surface area contributed by atoms with E-state index in [1.54, 1.807) is 6.92 Å². The van der Waals surface area contributed by atoms with E-state index in [2.05, 4.69) is 25.4 Å². The second kappa shape index (κ2) is 6.29. The third-order valence-electron chi connectivity index (χ3n) is 3.04. The number of nitrogen functional groups attached to an aromatic ring is 1. The molecule has 8 nitrogen and oxygen atoms in total. The number of aromatic nitrogens is 5. The average Bonchev–Trinajstić information content (AvgIpc) is 2.73. The van der Waals surface area contributed by atoms with Crippen LogP contribution in [-0.2, 0) is 6.54 Å². The van der Waals surface area contributed by atoms with E-state index in [9.17, 15) is 4.79 Å². The maximum absolute atomic E-state index is 12.0. The van der Waals surface area contributed by atoms with Crippen molar-refractivity contribution in [3.63, 3.8) is 0 Å². The van der Waals surface area contributed by atoms with E-state index >= 15 is 0 Å². The lowest BCUT2D eigenvalue weighted by Crippen LogP contribution is -2.26.